The number of rotatable bonds is 3. The highest BCUT2D eigenvalue weighted by Crippen LogP contribution is 1.99. The smallest absolute Gasteiger partial charge is 0.225 e. The molecule has 0 saturated carbocycles. The number of amides is 1. The van der Waals surface area contributed by atoms with Gasteiger partial charge in [-0.25, -0.2) is 0 Å². The molecule has 0 aliphatic rings. The highest BCUT2D eigenvalue weighted by atomic mass is 16.2. The van der Waals surface area contributed by atoms with Crippen molar-refractivity contribution in [3.8, 4) is 0 Å². The molecule has 0 aliphatic carbocycles. The van der Waals surface area contributed by atoms with Crippen LogP contribution in [-0.4, -0.2) is 23.9 Å². The molecular formula is C9H21NO. The highest BCUT2D eigenvalue weighted by molar-refractivity contribution is 5.77. The van der Waals surface area contributed by atoms with Crippen molar-refractivity contribution in [2.45, 2.75) is 35.1 Å². The number of carbonyl (C=O) groups excluding carboxylic acids is 1. The van der Waals surface area contributed by atoms with E-state index in [2.05, 4.69) is 0 Å². The zero-order valence-electron chi connectivity index (χ0n) is 7.35. The maximum Gasteiger partial charge on any atom is 0.225 e. The molecule has 2 nitrogen and oxygen atoms in total. The summed E-state index contributed by atoms with van der Waals surface area (Å²) >= 11 is 0. The van der Waals surface area contributed by atoms with Gasteiger partial charge in [-0.1, -0.05) is 21.3 Å². The summed E-state index contributed by atoms with van der Waals surface area (Å²) in [6.45, 7) is 9.52. The van der Waals surface area contributed by atoms with E-state index in [1.54, 1.807) is 0 Å². The first kappa shape index (κ1) is 13.1. The molecule has 0 radical (unpaired) electrons. The summed E-state index contributed by atoms with van der Waals surface area (Å²) in [5, 5.41) is 0. The molecule has 0 aromatic rings. The Hall–Kier alpha value is -0.530. The quantitative estimate of drug-likeness (QED) is 0.618. The van der Waals surface area contributed by atoms with E-state index < -0.39 is 0 Å². The van der Waals surface area contributed by atoms with E-state index in [9.17, 15) is 4.79 Å². The van der Waals surface area contributed by atoms with Gasteiger partial charge in [0.25, 0.3) is 0 Å². The Morgan fingerprint density at radius 1 is 1.27 bits per heavy atom. The third kappa shape index (κ3) is 4.02. The summed E-state index contributed by atoms with van der Waals surface area (Å²) in [5.41, 5.74) is 0. The lowest BCUT2D eigenvalue weighted by atomic mass is 10.2. The van der Waals surface area contributed by atoms with Crippen LogP contribution in [0.2, 0.25) is 0 Å². The molecule has 11 heavy (non-hydrogen) atoms. The molecule has 1 amide bonds. The summed E-state index contributed by atoms with van der Waals surface area (Å²) in [6.07, 6.45) is 0. The normalized spacial score (nSPS) is 9.18. The molecule has 0 aromatic carbocycles. The summed E-state index contributed by atoms with van der Waals surface area (Å²) in [7, 11) is 0. The molecule has 0 unspecified atom stereocenters. The number of nitrogens with zero attached hydrogens (tertiary/aromatic N) is 1. The predicted molar refractivity (Wildman–Crippen MR) is 49.5 cm³/mol. The molecule has 0 aromatic heterocycles. The molecule has 0 heterocycles. The van der Waals surface area contributed by atoms with Gasteiger partial charge in [-0.2, -0.15) is 0 Å². The second-order valence-corrected chi connectivity index (χ2v) is 2.67. The predicted octanol–water partition coefficient (Wildman–Crippen LogP) is 2.15. The van der Waals surface area contributed by atoms with Crippen LogP contribution in [0.4, 0.5) is 0 Å². The molecule has 0 spiro atoms. The van der Waals surface area contributed by atoms with E-state index in [0.717, 1.165) is 13.1 Å². The molecular weight excluding hydrogens is 138 g/mol. The van der Waals surface area contributed by atoms with Crippen LogP contribution >= 0.6 is 0 Å². The fourth-order valence-corrected chi connectivity index (χ4v) is 0.900. The maximum absolute atomic E-state index is 11.2. The van der Waals surface area contributed by atoms with Gasteiger partial charge in [0.1, 0.15) is 0 Å². The Labute approximate surface area is 70.6 Å². The van der Waals surface area contributed by atoms with Crippen molar-refractivity contribution in [1.29, 1.82) is 0 Å². The van der Waals surface area contributed by atoms with Crippen LogP contribution in [0.25, 0.3) is 0 Å². The minimum Gasteiger partial charge on any atom is -0.343 e. The molecule has 0 atom stereocenters. The molecule has 0 N–H and O–H groups in total. The van der Waals surface area contributed by atoms with Crippen molar-refractivity contribution in [2.24, 2.45) is 5.92 Å². The second-order valence-electron chi connectivity index (χ2n) is 2.67. The lowest BCUT2D eigenvalue weighted by Gasteiger charge is -2.20. The summed E-state index contributed by atoms with van der Waals surface area (Å²) in [6, 6.07) is 0. The third-order valence-electron chi connectivity index (χ3n) is 1.57. The van der Waals surface area contributed by atoms with Crippen LogP contribution in [0.15, 0.2) is 0 Å². The van der Waals surface area contributed by atoms with Gasteiger partial charge in [0.05, 0.1) is 0 Å². The van der Waals surface area contributed by atoms with Gasteiger partial charge in [0.15, 0.2) is 0 Å². The van der Waals surface area contributed by atoms with E-state index in [1.807, 2.05) is 32.6 Å². The lowest BCUT2D eigenvalue weighted by molar-refractivity contribution is -0.134. The molecule has 0 aliphatic heterocycles. The lowest BCUT2D eigenvalue weighted by Crippen LogP contribution is -2.33. The Morgan fingerprint density at radius 3 is 1.73 bits per heavy atom. The van der Waals surface area contributed by atoms with Crippen molar-refractivity contribution in [3.05, 3.63) is 0 Å². The third-order valence-corrected chi connectivity index (χ3v) is 1.57. The molecule has 68 valence electrons. The number of hydrogen-bond acceptors (Lipinski definition) is 1. The molecule has 2 heteroatoms. The highest BCUT2D eigenvalue weighted by Gasteiger charge is 2.12. The van der Waals surface area contributed by atoms with Gasteiger partial charge < -0.3 is 4.90 Å². The van der Waals surface area contributed by atoms with Crippen LogP contribution in [-0.2, 0) is 4.79 Å². The van der Waals surface area contributed by atoms with E-state index in [1.165, 1.54) is 0 Å². The van der Waals surface area contributed by atoms with Crippen molar-refractivity contribution in [3.63, 3.8) is 0 Å². The Morgan fingerprint density at radius 2 is 1.64 bits per heavy atom. The Kier molecular flexibility index (Phi) is 7.37. The fourth-order valence-electron chi connectivity index (χ4n) is 0.900. The van der Waals surface area contributed by atoms with Gasteiger partial charge in [-0.05, 0) is 13.8 Å². The molecule has 0 bridgehead atoms. The summed E-state index contributed by atoms with van der Waals surface area (Å²) < 4.78 is 0. The minimum atomic E-state index is 0. The zero-order valence-corrected chi connectivity index (χ0v) is 7.35. The van der Waals surface area contributed by atoms with Gasteiger partial charge in [0.2, 0.25) is 5.91 Å². The second kappa shape index (κ2) is 6.20. The van der Waals surface area contributed by atoms with Crippen LogP contribution in [0.5, 0.6) is 0 Å². The van der Waals surface area contributed by atoms with Crippen LogP contribution in [0.1, 0.15) is 35.1 Å². The first-order valence-electron chi connectivity index (χ1n) is 3.92. The van der Waals surface area contributed by atoms with Crippen molar-refractivity contribution >= 4 is 5.91 Å². The number of hydrogen-bond donors (Lipinski definition) is 0. The van der Waals surface area contributed by atoms with E-state index >= 15 is 0 Å². The number of carbonyl (C=O) groups is 1. The van der Waals surface area contributed by atoms with Gasteiger partial charge in [0, 0.05) is 19.0 Å². The minimum absolute atomic E-state index is 0. The van der Waals surface area contributed by atoms with Crippen molar-refractivity contribution < 1.29 is 4.79 Å². The molecule has 0 saturated heterocycles. The SMILES string of the molecule is C.CCN(CC)C(=O)C(C)C. The first-order valence-corrected chi connectivity index (χ1v) is 3.92. The van der Waals surface area contributed by atoms with E-state index in [4.69, 9.17) is 0 Å². The standard InChI is InChI=1S/C8H17NO.CH4/c1-5-9(6-2)8(10)7(3)4;/h7H,5-6H2,1-4H3;1H4. The van der Waals surface area contributed by atoms with Crippen LogP contribution < -0.4 is 0 Å². The Balaban J connectivity index is 0. The van der Waals surface area contributed by atoms with Crippen LogP contribution in [0.3, 0.4) is 0 Å². The maximum atomic E-state index is 11.2. The Bertz CT molecular complexity index is 106. The first-order chi connectivity index (χ1) is 4.63. The zero-order chi connectivity index (χ0) is 8.15. The monoisotopic (exact) mass is 159 g/mol. The fraction of sp³-hybridized carbons (Fsp3) is 0.889. The molecule has 0 rings (SSSR count). The molecule has 0 fully saturated rings. The van der Waals surface area contributed by atoms with Gasteiger partial charge in [-0.3, -0.25) is 4.79 Å². The summed E-state index contributed by atoms with van der Waals surface area (Å²) in [5.74, 6) is 0.393. The topological polar surface area (TPSA) is 20.3 Å². The van der Waals surface area contributed by atoms with E-state index in [0.29, 0.717) is 0 Å². The van der Waals surface area contributed by atoms with Crippen molar-refractivity contribution in [1.82, 2.24) is 4.90 Å². The van der Waals surface area contributed by atoms with Crippen molar-refractivity contribution in [2.75, 3.05) is 13.1 Å². The average molecular weight is 159 g/mol. The van der Waals surface area contributed by atoms with Gasteiger partial charge >= 0.3 is 0 Å². The largest absolute Gasteiger partial charge is 0.343 e. The van der Waals surface area contributed by atoms with Crippen LogP contribution in [0, 0.1) is 5.92 Å². The van der Waals surface area contributed by atoms with Gasteiger partial charge in [-0.15, -0.1) is 0 Å². The summed E-state index contributed by atoms with van der Waals surface area (Å²) in [4.78, 5) is 13.1. The average Bonchev–Trinajstić information content (AvgIpc) is 1.90. The van der Waals surface area contributed by atoms with E-state index in [-0.39, 0.29) is 19.3 Å².